The van der Waals surface area contributed by atoms with Gasteiger partial charge < -0.3 is 10.1 Å². The van der Waals surface area contributed by atoms with Gasteiger partial charge in [0.05, 0.1) is 6.10 Å². The normalized spacial score (nSPS) is 40.3. The van der Waals surface area contributed by atoms with Crippen molar-refractivity contribution >= 4 is 0 Å². The lowest BCUT2D eigenvalue weighted by Crippen LogP contribution is -2.69. The van der Waals surface area contributed by atoms with E-state index in [4.69, 9.17) is 4.74 Å². The van der Waals surface area contributed by atoms with Crippen LogP contribution in [-0.2, 0) is 4.74 Å². The van der Waals surface area contributed by atoms with Crippen molar-refractivity contribution in [2.75, 3.05) is 20.2 Å². The molecule has 1 heterocycles. The third-order valence-corrected chi connectivity index (χ3v) is 5.40. The number of nitrogens with one attached hydrogen (secondary N) is 1. The van der Waals surface area contributed by atoms with Crippen LogP contribution in [0.15, 0.2) is 0 Å². The third kappa shape index (κ3) is 3.32. The van der Waals surface area contributed by atoms with Gasteiger partial charge in [-0.2, -0.15) is 0 Å². The molecule has 1 aliphatic carbocycles. The highest BCUT2D eigenvalue weighted by molar-refractivity contribution is 5.02. The Kier molecular flexibility index (Phi) is 4.59. The Balaban J connectivity index is 2.10. The number of piperazine rings is 1. The maximum absolute atomic E-state index is 5.62. The van der Waals surface area contributed by atoms with Gasteiger partial charge in [0.15, 0.2) is 0 Å². The van der Waals surface area contributed by atoms with Crippen molar-refractivity contribution < 1.29 is 4.74 Å². The van der Waals surface area contributed by atoms with E-state index >= 15 is 0 Å². The van der Waals surface area contributed by atoms with Crippen LogP contribution in [-0.4, -0.2) is 48.3 Å². The molecule has 1 saturated heterocycles. The summed E-state index contributed by atoms with van der Waals surface area (Å²) in [5.41, 5.74) is 0.532. The molecule has 19 heavy (non-hydrogen) atoms. The summed E-state index contributed by atoms with van der Waals surface area (Å²) in [4.78, 5) is 2.76. The molecule has 0 aromatic carbocycles. The van der Waals surface area contributed by atoms with Gasteiger partial charge >= 0.3 is 0 Å². The molecule has 0 radical (unpaired) electrons. The summed E-state index contributed by atoms with van der Waals surface area (Å²) in [6.07, 6.45) is 6.76. The smallest absolute Gasteiger partial charge is 0.0586 e. The molecule has 2 aliphatic rings. The fourth-order valence-corrected chi connectivity index (χ4v) is 3.65. The molecule has 2 fully saturated rings. The Hall–Kier alpha value is -0.120. The molecule has 0 amide bonds. The largest absolute Gasteiger partial charge is 0.381 e. The highest BCUT2D eigenvalue weighted by Gasteiger charge is 2.43. The van der Waals surface area contributed by atoms with Crippen LogP contribution in [0.3, 0.4) is 0 Å². The van der Waals surface area contributed by atoms with Gasteiger partial charge in [-0.15, -0.1) is 0 Å². The van der Waals surface area contributed by atoms with Crippen LogP contribution in [0.4, 0.5) is 0 Å². The highest BCUT2D eigenvalue weighted by atomic mass is 16.5. The van der Waals surface area contributed by atoms with Crippen LogP contribution in [0.5, 0.6) is 0 Å². The summed E-state index contributed by atoms with van der Waals surface area (Å²) < 4.78 is 5.62. The van der Waals surface area contributed by atoms with Gasteiger partial charge in [-0.1, -0.05) is 6.92 Å². The minimum absolute atomic E-state index is 0.259. The molecule has 0 spiro atoms. The number of methoxy groups -OCH3 is 1. The molecule has 1 N–H and O–H groups in total. The second-order valence-corrected chi connectivity index (χ2v) is 7.39. The highest BCUT2D eigenvalue weighted by Crippen LogP contribution is 2.33. The lowest BCUT2D eigenvalue weighted by molar-refractivity contribution is -0.0431. The van der Waals surface area contributed by atoms with E-state index in [1.54, 1.807) is 0 Å². The molecule has 3 heteroatoms. The number of hydrogen-bond donors (Lipinski definition) is 1. The molecule has 1 saturated carbocycles. The van der Waals surface area contributed by atoms with Crippen molar-refractivity contribution in [3.63, 3.8) is 0 Å². The molecular formula is C16H32N2O. The monoisotopic (exact) mass is 268 g/mol. The Morgan fingerprint density at radius 2 is 2.00 bits per heavy atom. The first kappa shape index (κ1) is 15.3. The Bertz CT molecular complexity index is 305. The zero-order valence-electron chi connectivity index (χ0n) is 13.5. The maximum atomic E-state index is 5.62. The van der Waals surface area contributed by atoms with E-state index in [9.17, 15) is 0 Å². The van der Waals surface area contributed by atoms with Crippen LogP contribution in [0.1, 0.15) is 59.8 Å². The molecule has 3 unspecified atom stereocenters. The fraction of sp³-hybridized carbons (Fsp3) is 1.00. The SMILES string of the molecule is CCC1(C)CN(C2CCCC(OC)C2)C(C)(C)CN1. The summed E-state index contributed by atoms with van der Waals surface area (Å²) >= 11 is 0. The lowest BCUT2D eigenvalue weighted by Gasteiger charge is -2.55. The first-order chi connectivity index (χ1) is 8.90. The van der Waals surface area contributed by atoms with E-state index < -0.39 is 0 Å². The minimum atomic E-state index is 0.259. The van der Waals surface area contributed by atoms with Crippen molar-refractivity contribution in [1.82, 2.24) is 10.2 Å². The van der Waals surface area contributed by atoms with Gasteiger partial charge in [0.25, 0.3) is 0 Å². The van der Waals surface area contributed by atoms with E-state index in [1.165, 1.54) is 32.1 Å². The molecule has 0 bridgehead atoms. The first-order valence-electron chi connectivity index (χ1n) is 7.95. The first-order valence-corrected chi connectivity index (χ1v) is 7.95. The molecule has 112 valence electrons. The third-order valence-electron chi connectivity index (χ3n) is 5.40. The number of rotatable bonds is 3. The van der Waals surface area contributed by atoms with Crippen molar-refractivity contribution in [2.24, 2.45) is 0 Å². The average Bonchev–Trinajstić information content (AvgIpc) is 2.42. The Morgan fingerprint density at radius 3 is 2.63 bits per heavy atom. The van der Waals surface area contributed by atoms with E-state index in [2.05, 4.69) is 37.9 Å². The van der Waals surface area contributed by atoms with E-state index in [0.29, 0.717) is 12.1 Å². The molecule has 1 aliphatic heterocycles. The van der Waals surface area contributed by atoms with Crippen LogP contribution >= 0.6 is 0 Å². The predicted molar refractivity (Wildman–Crippen MR) is 80.5 cm³/mol. The molecule has 0 aromatic heterocycles. The minimum Gasteiger partial charge on any atom is -0.381 e. The van der Waals surface area contributed by atoms with E-state index in [0.717, 1.165) is 13.1 Å². The van der Waals surface area contributed by atoms with Crippen molar-refractivity contribution in [3.8, 4) is 0 Å². The number of ether oxygens (including phenoxy) is 1. The molecule has 3 nitrogen and oxygen atoms in total. The van der Waals surface area contributed by atoms with Gasteiger partial charge in [0.1, 0.15) is 0 Å². The predicted octanol–water partition coefficient (Wildman–Crippen LogP) is 2.80. The quantitative estimate of drug-likeness (QED) is 0.852. The van der Waals surface area contributed by atoms with Gasteiger partial charge in [-0.05, 0) is 52.9 Å². The van der Waals surface area contributed by atoms with Crippen LogP contribution in [0, 0.1) is 0 Å². The van der Waals surface area contributed by atoms with E-state index in [-0.39, 0.29) is 11.1 Å². The van der Waals surface area contributed by atoms with Gasteiger partial charge in [-0.3, -0.25) is 4.90 Å². The standard InChI is InChI=1S/C16H32N2O/c1-6-16(4)12-18(15(2,3)11-17-16)13-8-7-9-14(10-13)19-5/h13-14,17H,6-12H2,1-5H3. The molecular weight excluding hydrogens is 236 g/mol. The maximum Gasteiger partial charge on any atom is 0.0586 e. The zero-order valence-corrected chi connectivity index (χ0v) is 13.5. The molecule has 3 atom stereocenters. The second kappa shape index (κ2) is 5.71. The summed E-state index contributed by atoms with van der Waals surface area (Å²) in [5, 5.41) is 3.76. The van der Waals surface area contributed by atoms with Crippen molar-refractivity contribution in [1.29, 1.82) is 0 Å². The summed E-state index contributed by atoms with van der Waals surface area (Å²) in [6.45, 7) is 11.7. The summed E-state index contributed by atoms with van der Waals surface area (Å²) in [5.74, 6) is 0. The van der Waals surface area contributed by atoms with Crippen LogP contribution in [0.25, 0.3) is 0 Å². The van der Waals surface area contributed by atoms with E-state index in [1.807, 2.05) is 7.11 Å². The fourth-order valence-electron chi connectivity index (χ4n) is 3.65. The average molecular weight is 268 g/mol. The Morgan fingerprint density at radius 1 is 1.26 bits per heavy atom. The van der Waals surface area contributed by atoms with Crippen LogP contribution in [0.2, 0.25) is 0 Å². The second-order valence-electron chi connectivity index (χ2n) is 7.39. The van der Waals surface area contributed by atoms with Crippen molar-refractivity contribution in [3.05, 3.63) is 0 Å². The van der Waals surface area contributed by atoms with Gasteiger partial charge in [0.2, 0.25) is 0 Å². The summed E-state index contributed by atoms with van der Waals surface area (Å²) in [7, 11) is 1.87. The van der Waals surface area contributed by atoms with Gasteiger partial charge in [-0.25, -0.2) is 0 Å². The lowest BCUT2D eigenvalue weighted by atomic mass is 9.83. The van der Waals surface area contributed by atoms with Gasteiger partial charge in [0, 0.05) is 37.3 Å². The van der Waals surface area contributed by atoms with Crippen molar-refractivity contribution in [2.45, 2.75) is 83.0 Å². The number of nitrogens with zero attached hydrogens (tertiary/aromatic N) is 1. The van der Waals surface area contributed by atoms with Crippen LogP contribution < -0.4 is 5.32 Å². The number of hydrogen-bond acceptors (Lipinski definition) is 3. The molecule has 2 rings (SSSR count). The summed E-state index contributed by atoms with van der Waals surface area (Å²) in [6, 6.07) is 0.696. The topological polar surface area (TPSA) is 24.5 Å². The molecule has 0 aromatic rings. The zero-order chi connectivity index (χ0) is 14.1. The Labute approximate surface area is 119 Å².